The SMILES string of the molecule is c1ccc(-c2nc(-c3ccc(-c4ccc5c(c4)Oc4ccccc4C54c5ccccc5-c5ccccc54)cc3)cc(-c3ccc(-c4ccccc4)c4ccccc34)n2)cc1. The molecule has 0 fully saturated rings. The van der Waals surface area contributed by atoms with Crippen molar-refractivity contribution in [3.63, 3.8) is 0 Å². The van der Waals surface area contributed by atoms with Gasteiger partial charge in [-0.3, -0.25) is 0 Å². The first-order valence-corrected chi connectivity index (χ1v) is 20.5. The highest BCUT2D eigenvalue weighted by Gasteiger charge is 2.50. The summed E-state index contributed by atoms with van der Waals surface area (Å²) in [5.41, 5.74) is 16.4. The molecule has 0 saturated carbocycles. The molecule has 3 heteroatoms. The molecule has 0 unspecified atom stereocenters. The van der Waals surface area contributed by atoms with Crippen LogP contribution in [0, 0.1) is 0 Å². The Bertz CT molecular complexity index is 3240. The van der Waals surface area contributed by atoms with Gasteiger partial charge in [0, 0.05) is 27.8 Å². The Morgan fingerprint density at radius 2 is 0.817 bits per heavy atom. The molecule has 60 heavy (non-hydrogen) atoms. The molecule has 280 valence electrons. The van der Waals surface area contributed by atoms with Crippen LogP contribution in [0.2, 0.25) is 0 Å². The Morgan fingerprint density at radius 1 is 0.300 bits per heavy atom. The summed E-state index contributed by atoms with van der Waals surface area (Å²) in [7, 11) is 0. The summed E-state index contributed by atoms with van der Waals surface area (Å²) >= 11 is 0. The molecule has 1 aromatic heterocycles. The van der Waals surface area contributed by atoms with Gasteiger partial charge in [-0.05, 0) is 73.5 Å². The standard InChI is InChI=1S/C57H36N2O/c1-3-15-38(16-4-1)42-32-33-47(44-20-8-7-19-43(42)44)53-36-52(58-56(59-53)40-17-5-2-6-18-40)39-29-27-37(28-30-39)41-31-34-51-55(35-41)60-54-26-14-13-25-50(54)57(51)48-23-11-9-21-45(48)46-22-10-12-24-49(46)57/h1-36H. The molecule has 1 aliphatic heterocycles. The van der Waals surface area contributed by atoms with Crippen LogP contribution in [-0.4, -0.2) is 9.97 Å². The van der Waals surface area contributed by atoms with Gasteiger partial charge in [0.1, 0.15) is 11.5 Å². The first kappa shape index (κ1) is 34.2. The van der Waals surface area contributed by atoms with Crippen LogP contribution in [0.25, 0.3) is 78.1 Å². The van der Waals surface area contributed by atoms with Crippen molar-refractivity contribution in [3.8, 4) is 78.8 Å². The van der Waals surface area contributed by atoms with Crippen molar-refractivity contribution in [1.82, 2.24) is 9.97 Å². The second kappa shape index (κ2) is 13.6. The lowest BCUT2D eigenvalue weighted by Crippen LogP contribution is -2.32. The second-order valence-electron chi connectivity index (χ2n) is 15.6. The summed E-state index contributed by atoms with van der Waals surface area (Å²) in [4.78, 5) is 10.4. The Morgan fingerprint density at radius 3 is 1.53 bits per heavy atom. The number of nitrogens with zero attached hydrogens (tertiary/aromatic N) is 2. The molecule has 9 aromatic carbocycles. The van der Waals surface area contributed by atoms with Gasteiger partial charge < -0.3 is 4.74 Å². The van der Waals surface area contributed by atoms with E-state index in [0.717, 1.165) is 61.7 Å². The number of para-hydroxylation sites is 1. The van der Waals surface area contributed by atoms with Crippen LogP contribution >= 0.6 is 0 Å². The van der Waals surface area contributed by atoms with Crippen LogP contribution in [0.1, 0.15) is 22.3 Å². The molecule has 2 aliphatic rings. The zero-order valence-electron chi connectivity index (χ0n) is 32.6. The minimum absolute atomic E-state index is 0.478. The molecule has 0 amide bonds. The quantitative estimate of drug-likeness (QED) is 0.175. The van der Waals surface area contributed by atoms with Crippen LogP contribution in [0.4, 0.5) is 0 Å². The first-order chi connectivity index (χ1) is 29.7. The lowest BCUT2D eigenvalue weighted by atomic mass is 9.66. The van der Waals surface area contributed by atoms with E-state index < -0.39 is 5.41 Å². The van der Waals surface area contributed by atoms with Crippen molar-refractivity contribution in [3.05, 3.63) is 241 Å². The van der Waals surface area contributed by atoms with Gasteiger partial charge >= 0.3 is 0 Å². The molecule has 0 N–H and O–H groups in total. The summed E-state index contributed by atoms with van der Waals surface area (Å²) in [6.45, 7) is 0. The average molecular weight is 765 g/mol. The maximum absolute atomic E-state index is 6.81. The number of aromatic nitrogens is 2. The lowest BCUT2D eigenvalue weighted by molar-refractivity contribution is 0.436. The van der Waals surface area contributed by atoms with E-state index in [1.54, 1.807) is 0 Å². The molecular formula is C57H36N2O. The average Bonchev–Trinajstić information content (AvgIpc) is 3.62. The van der Waals surface area contributed by atoms with Gasteiger partial charge in [-0.25, -0.2) is 9.97 Å². The highest BCUT2D eigenvalue weighted by atomic mass is 16.5. The van der Waals surface area contributed by atoms with E-state index >= 15 is 0 Å². The fourth-order valence-corrected chi connectivity index (χ4v) is 9.72. The number of ether oxygens (including phenoxy) is 1. The zero-order chi connectivity index (χ0) is 39.6. The van der Waals surface area contributed by atoms with E-state index in [-0.39, 0.29) is 0 Å². The van der Waals surface area contributed by atoms with Crippen molar-refractivity contribution in [2.75, 3.05) is 0 Å². The van der Waals surface area contributed by atoms with Gasteiger partial charge in [-0.15, -0.1) is 0 Å². The Balaban J connectivity index is 0.961. The van der Waals surface area contributed by atoms with E-state index in [1.165, 1.54) is 44.3 Å². The summed E-state index contributed by atoms with van der Waals surface area (Å²) in [5.74, 6) is 2.46. The van der Waals surface area contributed by atoms with Crippen molar-refractivity contribution in [1.29, 1.82) is 0 Å². The summed E-state index contributed by atoms with van der Waals surface area (Å²) in [5, 5.41) is 2.35. The molecule has 10 aromatic rings. The highest BCUT2D eigenvalue weighted by Crippen LogP contribution is 2.62. The van der Waals surface area contributed by atoms with Gasteiger partial charge in [-0.1, -0.05) is 200 Å². The number of rotatable bonds is 5. The third kappa shape index (κ3) is 5.23. The van der Waals surface area contributed by atoms with E-state index in [4.69, 9.17) is 14.7 Å². The molecule has 12 rings (SSSR count). The number of hydrogen-bond donors (Lipinski definition) is 0. The van der Waals surface area contributed by atoms with E-state index in [9.17, 15) is 0 Å². The maximum Gasteiger partial charge on any atom is 0.160 e. The molecule has 0 radical (unpaired) electrons. The molecule has 2 heterocycles. The predicted molar refractivity (Wildman–Crippen MR) is 244 cm³/mol. The fourth-order valence-electron chi connectivity index (χ4n) is 9.72. The molecular weight excluding hydrogens is 729 g/mol. The van der Waals surface area contributed by atoms with E-state index in [1.807, 2.05) is 18.2 Å². The number of fused-ring (bicyclic) bond motifs is 10. The van der Waals surface area contributed by atoms with E-state index in [2.05, 4.69) is 200 Å². The molecule has 0 saturated heterocycles. The van der Waals surface area contributed by atoms with Gasteiger partial charge in [0.2, 0.25) is 0 Å². The van der Waals surface area contributed by atoms with Crippen molar-refractivity contribution in [2.45, 2.75) is 5.41 Å². The van der Waals surface area contributed by atoms with Crippen LogP contribution in [0.3, 0.4) is 0 Å². The van der Waals surface area contributed by atoms with Crippen LogP contribution in [-0.2, 0) is 5.41 Å². The zero-order valence-corrected chi connectivity index (χ0v) is 32.6. The molecule has 0 bridgehead atoms. The Kier molecular flexibility index (Phi) is 7.76. The van der Waals surface area contributed by atoms with Crippen molar-refractivity contribution in [2.24, 2.45) is 0 Å². The second-order valence-corrected chi connectivity index (χ2v) is 15.6. The Labute approximate surface area is 348 Å². The van der Waals surface area contributed by atoms with Gasteiger partial charge in [-0.2, -0.15) is 0 Å². The minimum Gasteiger partial charge on any atom is -0.457 e. The predicted octanol–water partition coefficient (Wildman–Crippen LogP) is 14.4. The first-order valence-electron chi connectivity index (χ1n) is 20.5. The number of hydrogen-bond acceptors (Lipinski definition) is 3. The van der Waals surface area contributed by atoms with Gasteiger partial charge in [0.15, 0.2) is 5.82 Å². The largest absolute Gasteiger partial charge is 0.457 e. The minimum atomic E-state index is -0.478. The van der Waals surface area contributed by atoms with Crippen molar-refractivity contribution < 1.29 is 4.74 Å². The van der Waals surface area contributed by atoms with Crippen molar-refractivity contribution >= 4 is 10.8 Å². The summed E-state index contributed by atoms with van der Waals surface area (Å²) < 4.78 is 6.81. The van der Waals surface area contributed by atoms with Gasteiger partial charge in [0.25, 0.3) is 0 Å². The normalized spacial score (nSPS) is 12.9. The van der Waals surface area contributed by atoms with E-state index in [0.29, 0.717) is 5.82 Å². The summed E-state index contributed by atoms with van der Waals surface area (Å²) in [6.07, 6.45) is 0. The molecule has 0 atom stereocenters. The smallest absolute Gasteiger partial charge is 0.160 e. The lowest BCUT2D eigenvalue weighted by Gasteiger charge is -2.39. The third-order valence-corrected chi connectivity index (χ3v) is 12.4. The number of benzene rings is 9. The summed E-state index contributed by atoms with van der Waals surface area (Å²) in [6, 6.07) is 77.7. The molecule has 3 nitrogen and oxygen atoms in total. The maximum atomic E-state index is 6.81. The van der Waals surface area contributed by atoms with Gasteiger partial charge in [0.05, 0.1) is 16.8 Å². The third-order valence-electron chi connectivity index (χ3n) is 12.4. The van der Waals surface area contributed by atoms with Crippen LogP contribution < -0.4 is 4.74 Å². The monoisotopic (exact) mass is 764 g/mol. The molecule has 1 spiro atoms. The topological polar surface area (TPSA) is 35.0 Å². The Hall–Kier alpha value is -7.88. The highest BCUT2D eigenvalue weighted by molar-refractivity contribution is 6.04. The molecule has 1 aliphatic carbocycles. The fraction of sp³-hybridized carbons (Fsp3) is 0.0175. The van der Waals surface area contributed by atoms with Crippen LogP contribution in [0.15, 0.2) is 218 Å². The van der Waals surface area contributed by atoms with Crippen LogP contribution in [0.5, 0.6) is 11.5 Å².